The molecule has 4 rings (SSSR count). The van der Waals surface area contributed by atoms with E-state index in [9.17, 15) is 14.9 Å². The van der Waals surface area contributed by atoms with Crippen LogP contribution in [0.1, 0.15) is 31.9 Å². The number of nitrogens with one attached hydrogen (secondary N) is 2. The van der Waals surface area contributed by atoms with Crippen LogP contribution in [-0.2, 0) is 0 Å². The lowest BCUT2D eigenvalue weighted by molar-refractivity contribution is -0.384. The molecule has 4 aromatic rings. The third kappa shape index (κ3) is 4.97. The first-order chi connectivity index (χ1) is 16.2. The maximum Gasteiger partial charge on any atom is 0.269 e. The topological polar surface area (TPSA) is 97.2 Å². The number of aromatic nitrogens is 1. The third-order valence-electron chi connectivity index (χ3n) is 5.57. The van der Waals surface area contributed by atoms with Gasteiger partial charge in [-0.1, -0.05) is 35.1 Å². The second-order valence-electron chi connectivity index (χ2n) is 8.20. The fraction of sp³-hybridized carbons (Fsp3) is 0.154. The fourth-order valence-corrected chi connectivity index (χ4v) is 4.44. The number of non-ortho nitro benzene ring substituents is 1. The monoisotopic (exact) mass is 472 g/mol. The molecule has 1 aromatic heterocycles. The van der Waals surface area contributed by atoms with Gasteiger partial charge in [0.1, 0.15) is 4.88 Å². The van der Waals surface area contributed by atoms with E-state index in [4.69, 9.17) is 0 Å². The van der Waals surface area contributed by atoms with Gasteiger partial charge in [0.15, 0.2) is 5.13 Å². The minimum absolute atomic E-state index is 0.0197. The lowest BCUT2D eigenvalue weighted by Gasteiger charge is -2.08. The maximum atomic E-state index is 13.3. The molecule has 0 saturated heterocycles. The second kappa shape index (κ2) is 9.44. The molecule has 1 amide bonds. The van der Waals surface area contributed by atoms with Crippen molar-refractivity contribution < 1.29 is 9.72 Å². The van der Waals surface area contributed by atoms with Crippen molar-refractivity contribution in [2.24, 2.45) is 0 Å². The summed E-state index contributed by atoms with van der Waals surface area (Å²) < 4.78 is 0. The summed E-state index contributed by atoms with van der Waals surface area (Å²) in [5.41, 5.74) is 7.10. The molecule has 7 nitrogen and oxygen atoms in total. The van der Waals surface area contributed by atoms with Crippen LogP contribution in [0.4, 0.5) is 22.2 Å². The van der Waals surface area contributed by atoms with Gasteiger partial charge in [0.05, 0.1) is 10.6 Å². The summed E-state index contributed by atoms with van der Waals surface area (Å²) in [4.78, 5) is 29.0. The summed E-state index contributed by atoms with van der Waals surface area (Å²) in [5.74, 6) is -0.289. The number of benzene rings is 3. The van der Waals surface area contributed by atoms with Crippen molar-refractivity contribution in [1.29, 1.82) is 0 Å². The number of nitro benzene ring substituents is 1. The summed E-state index contributed by atoms with van der Waals surface area (Å²) in [7, 11) is 0. The van der Waals surface area contributed by atoms with Gasteiger partial charge in [0.2, 0.25) is 0 Å². The molecule has 3 aromatic carbocycles. The molecule has 1 heterocycles. The highest BCUT2D eigenvalue weighted by atomic mass is 32.1. The Hall–Kier alpha value is -4.04. The number of hydrogen-bond acceptors (Lipinski definition) is 6. The molecule has 0 bridgehead atoms. The second-order valence-corrected chi connectivity index (χ2v) is 9.20. The number of anilines is 3. The van der Waals surface area contributed by atoms with Gasteiger partial charge >= 0.3 is 0 Å². The molecule has 0 radical (unpaired) electrons. The molecule has 0 spiro atoms. The minimum Gasteiger partial charge on any atom is -0.331 e. The molecule has 0 saturated carbocycles. The molecule has 2 N–H and O–H groups in total. The quantitative estimate of drug-likeness (QED) is 0.234. The Morgan fingerprint density at radius 2 is 1.65 bits per heavy atom. The van der Waals surface area contributed by atoms with Crippen LogP contribution in [-0.4, -0.2) is 15.8 Å². The Morgan fingerprint density at radius 1 is 0.912 bits per heavy atom. The van der Waals surface area contributed by atoms with Crippen LogP contribution in [0.3, 0.4) is 0 Å². The zero-order valence-corrected chi connectivity index (χ0v) is 20.1. The zero-order chi connectivity index (χ0) is 24.4. The van der Waals surface area contributed by atoms with Crippen LogP contribution >= 0.6 is 11.3 Å². The van der Waals surface area contributed by atoms with E-state index < -0.39 is 4.92 Å². The molecule has 0 aliphatic heterocycles. The molecule has 0 fully saturated rings. The van der Waals surface area contributed by atoms with Gasteiger partial charge in [-0.2, -0.15) is 0 Å². The first-order valence-electron chi connectivity index (χ1n) is 10.7. The van der Waals surface area contributed by atoms with E-state index >= 15 is 0 Å². The Balaban J connectivity index is 1.72. The number of nitrogens with zero attached hydrogens (tertiary/aromatic N) is 2. The first kappa shape index (κ1) is 23.1. The van der Waals surface area contributed by atoms with Gasteiger partial charge in [0, 0.05) is 29.1 Å². The summed E-state index contributed by atoms with van der Waals surface area (Å²) in [6, 6.07) is 17.9. The van der Waals surface area contributed by atoms with Crippen molar-refractivity contribution in [2.45, 2.75) is 27.7 Å². The van der Waals surface area contributed by atoms with E-state index in [1.54, 1.807) is 12.1 Å². The number of thiazole rings is 1. The Kier molecular flexibility index (Phi) is 6.43. The normalized spacial score (nSPS) is 10.7. The average Bonchev–Trinajstić information content (AvgIpc) is 3.22. The van der Waals surface area contributed by atoms with Crippen molar-refractivity contribution in [1.82, 2.24) is 4.98 Å². The lowest BCUT2D eigenvalue weighted by atomic mass is 10.1. The maximum absolute atomic E-state index is 13.3. The zero-order valence-electron chi connectivity index (χ0n) is 19.3. The summed E-state index contributed by atoms with van der Waals surface area (Å²) in [6.45, 7) is 8.05. The highest BCUT2D eigenvalue weighted by molar-refractivity contribution is 7.18. The molecular formula is C26H24N4O3S. The number of rotatable bonds is 6. The average molecular weight is 473 g/mol. The van der Waals surface area contributed by atoms with Crippen LogP contribution in [0.15, 0.2) is 60.7 Å². The van der Waals surface area contributed by atoms with Gasteiger partial charge in [0.25, 0.3) is 11.6 Å². The van der Waals surface area contributed by atoms with E-state index in [-0.39, 0.29) is 11.6 Å². The Morgan fingerprint density at radius 3 is 2.29 bits per heavy atom. The minimum atomic E-state index is -0.453. The van der Waals surface area contributed by atoms with Crippen LogP contribution < -0.4 is 10.6 Å². The van der Waals surface area contributed by atoms with Gasteiger partial charge in [-0.3, -0.25) is 14.9 Å². The Labute approximate surface area is 201 Å². The first-order valence-corrected chi connectivity index (χ1v) is 11.5. The molecule has 0 atom stereocenters. The van der Waals surface area contributed by atoms with E-state index in [1.165, 1.54) is 23.5 Å². The van der Waals surface area contributed by atoms with Crippen molar-refractivity contribution in [3.05, 3.63) is 97.9 Å². The summed E-state index contributed by atoms with van der Waals surface area (Å²) >= 11 is 1.24. The molecule has 0 aliphatic carbocycles. The standard InChI is InChI=1S/C26H24N4O3S/c1-15-5-12-22(18(4)13-15)28-26-29-23(19-7-10-21(11-8-19)30(32)33)24(34-26)25(31)27-20-9-6-16(2)17(3)14-20/h5-14H,1-4H3,(H,27,31)(H,28,29). The number of nitro groups is 1. The molecule has 0 aliphatic rings. The van der Waals surface area contributed by atoms with Crippen molar-refractivity contribution in [3.63, 3.8) is 0 Å². The Bertz CT molecular complexity index is 1390. The number of carbonyl (C=O) groups excluding carboxylic acids is 1. The summed E-state index contributed by atoms with van der Waals surface area (Å²) in [5, 5.41) is 17.9. The molecule has 34 heavy (non-hydrogen) atoms. The molecular weight excluding hydrogens is 448 g/mol. The van der Waals surface area contributed by atoms with Crippen molar-refractivity contribution >= 4 is 39.4 Å². The highest BCUT2D eigenvalue weighted by Crippen LogP contribution is 2.35. The van der Waals surface area contributed by atoms with Gasteiger partial charge in [-0.15, -0.1) is 0 Å². The van der Waals surface area contributed by atoms with E-state index in [0.717, 1.165) is 27.9 Å². The predicted molar refractivity (Wildman–Crippen MR) is 137 cm³/mol. The fourth-order valence-electron chi connectivity index (χ4n) is 3.54. The number of aryl methyl sites for hydroxylation is 4. The van der Waals surface area contributed by atoms with Crippen LogP contribution in [0.5, 0.6) is 0 Å². The van der Waals surface area contributed by atoms with E-state index in [1.807, 2.05) is 58.0 Å². The van der Waals surface area contributed by atoms with Crippen LogP contribution in [0.2, 0.25) is 0 Å². The van der Waals surface area contributed by atoms with Crippen molar-refractivity contribution in [3.8, 4) is 11.3 Å². The molecule has 0 unspecified atom stereocenters. The number of amides is 1. The molecule has 8 heteroatoms. The number of carbonyl (C=O) groups is 1. The SMILES string of the molecule is Cc1ccc(Nc2nc(-c3ccc([N+](=O)[O-])cc3)c(C(=O)Nc3ccc(C)c(C)c3)s2)c(C)c1. The smallest absolute Gasteiger partial charge is 0.269 e. The van der Waals surface area contributed by atoms with Crippen LogP contribution in [0.25, 0.3) is 11.3 Å². The van der Waals surface area contributed by atoms with Crippen LogP contribution in [0, 0.1) is 37.8 Å². The number of hydrogen-bond donors (Lipinski definition) is 2. The van der Waals surface area contributed by atoms with E-state index in [2.05, 4.69) is 21.7 Å². The lowest BCUT2D eigenvalue weighted by Crippen LogP contribution is -2.11. The van der Waals surface area contributed by atoms with Gasteiger partial charge < -0.3 is 10.6 Å². The van der Waals surface area contributed by atoms with E-state index in [0.29, 0.717) is 27.0 Å². The summed E-state index contributed by atoms with van der Waals surface area (Å²) in [6.07, 6.45) is 0. The van der Waals surface area contributed by atoms with Gasteiger partial charge in [-0.25, -0.2) is 4.98 Å². The highest BCUT2D eigenvalue weighted by Gasteiger charge is 2.21. The van der Waals surface area contributed by atoms with Crippen molar-refractivity contribution in [2.75, 3.05) is 10.6 Å². The largest absolute Gasteiger partial charge is 0.331 e. The van der Waals surface area contributed by atoms with Gasteiger partial charge in [-0.05, 0) is 74.7 Å². The molecule has 172 valence electrons. The third-order valence-corrected chi connectivity index (χ3v) is 6.54. The predicted octanol–water partition coefficient (Wildman–Crippen LogP) is 6.95.